The van der Waals surface area contributed by atoms with Crippen molar-refractivity contribution < 1.29 is 0 Å². The lowest BCUT2D eigenvalue weighted by Crippen LogP contribution is -1.94. The van der Waals surface area contributed by atoms with Crippen LogP contribution in [0, 0.1) is 0 Å². The minimum absolute atomic E-state index is 0.614. The molecule has 0 aliphatic heterocycles. The maximum absolute atomic E-state index is 4.36. The van der Waals surface area contributed by atoms with Gasteiger partial charge >= 0.3 is 0 Å². The van der Waals surface area contributed by atoms with Crippen molar-refractivity contribution in [2.45, 2.75) is 46.0 Å². The standard InChI is InChI=1S/C12H19N/c1-4-5-6-12-9-11(10(2)3)7-8-13-12/h7-10H,4-6H2,1-3H3. The Balaban J connectivity index is 2.68. The molecular weight excluding hydrogens is 158 g/mol. The van der Waals surface area contributed by atoms with Gasteiger partial charge in [-0.2, -0.15) is 0 Å². The highest BCUT2D eigenvalue weighted by Gasteiger charge is 2.00. The van der Waals surface area contributed by atoms with Crippen LogP contribution in [-0.4, -0.2) is 4.98 Å². The van der Waals surface area contributed by atoms with Crippen LogP contribution in [0.15, 0.2) is 18.3 Å². The fourth-order valence-electron chi connectivity index (χ4n) is 1.35. The van der Waals surface area contributed by atoms with Crippen LogP contribution >= 0.6 is 0 Å². The summed E-state index contributed by atoms with van der Waals surface area (Å²) >= 11 is 0. The molecule has 0 N–H and O–H groups in total. The molecule has 1 aromatic rings. The topological polar surface area (TPSA) is 12.9 Å². The molecule has 0 aliphatic carbocycles. The van der Waals surface area contributed by atoms with E-state index in [9.17, 15) is 0 Å². The first-order valence-corrected chi connectivity index (χ1v) is 5.19. The second-order valence-corrected chi connectivity index (χ2v) is 3.84. The molecule has 13 heavy (non-hydrogen) atoms. The minimum atomic E-state index is 0.614. The zero-order valence-corrected chi connectivity index (χ0v) is 8.88. The summed E-state index contributed by atoms with van der Waals surface area (Å²) in [6.07, 6.45) is 5.54. The van der Waals surface area contributed by atoms with Crippen LogP contribution in [0.4, 0.5) is 0 Å². The van der Waals surface area contributed by atoms with Gasteiger partial charge in [0.15, 0.2) is 0 Å². The zero-order chi connectivity index (χ0) is 9.68. The van der Waals surface area contributed by atoms with Gasteiger partial charge in [-0.3, -0.25) is 4.98 Å². The Kier molecular flexibility index (Phi) is 3.94. The third-order valence-electron chi connectivity index (χ3n) is 2.29. The Bertz CT molecular complexity index is 253. The number of hydrogen-bond acceptors (Lipinski definition) is 1. The van der Waals surface area contributed by atoms with E-state index < -0.39 is 0 Å². The van der Waals surface area contributed by atoms with Gasteiger partial charge in [0, 0.05) is 11.9 Å². The van der Waals surface area contributed by atoms with E-state index in [-0.39, 0.29) is 0 Å². The second-order valence-electron chi connectivity index (χ2n) is 3.84. The van der Waals surface area contributed by atoms with Crippen LogP contribution in [0.25, 0.3) is 0 Å². The van der Waals surface area contributed by atoms with Crippen molar-refractivity contribution in [3.05, 3.63) is 29.6 Å². The Morgan fingerprint density at radius 2 is 2.15 bits per heavy atom. The van der Waals surface area contributed by atoms with Crippen LogP contribution in [0.2, 0.25) is 0 Å². The lowest BCUT2D eigenvalue weighted by Gasteiger charge is -2.06. The van der Waals surface area contributed by atoms with Gasteiger partial charge in [0.1, 0.15) is 0 Å². The van der Waals surface area contributed by atoms with Gasteiger partial charge in [0.25, 0.3) is 0 Å². The molecule has 1 nitrogen and oxygen atoms in total. The first-order chi connectivity index (χ1) is 6.24. The number of pyridine rings is 1. The van der Waals surface area contributed by atoms with Crippen molar-refractivity contribution in [3.8, 4) is 0 Å². The van der Waals surface area contributed by atoms with E-state index in [0.29, 0.717) is 5.92 Å². The van der Waals surface area contributed by atoms with Crippen molar-refractivity contribution in [1.29, 1.82) is 0 Å². The molecule has 1 heteroatoms. The van der Waals surface area contributed by atoms with E-state index in [1.807, 2.05) is 6.20 Å². The fourth-order valence-corrected chi connectivity index (χ4v) is 1.35. The molecule has 1 rings (SSSR count). The molecule has 0 aliphatic rings. The molecule has 0 aromatic carbocycles. The summed E-state index contributed by atoms with van der Waals surface area (Å²) in [5.74, 6) is 0.614. The smallest absolute Gasteiger partial charge is 0.0406 e. The largest absolute Gasteiger partial charge is 0.261 e. The first-order valence-electron chi connectivity index (χ1n) is 5.19. The van der Waals surface area contributed by atoms with Gasteiger partial charge in [0.2, 0.25) is 0 Å². The SMILES string of the molecule is CCCCc1cc(C(C)C)ccn1. The molecule has 0 saturated heterocycles. The summed E-state index contributed by atoms with van der Waals surface area (Å²) in [4.78, 5) is 4.36. The Hall–Kier alpha value is -0.850. The Morgan fingerprint density at radius 3 is 2.77 bits per heavy atom. The molecular formula is C12H19N. The van der Waals surface area contributed by atoms with Crippen molar-refractivity contribution in [1.82, 2.24) is 4.98 Å². The van der Waals surface area contributed by atoms with E-state index >= 15 is 0 Å². The van der Waals surface area contributed by atoms with Crippen LogP contribution in [-0.2, 0) is 6.42 Å². The van der Waals surface area contributed by atoms with Crippen molar-refractivity contribution >= 4 is 0 Å². The summed E-state index contributed by atoms with van der Waals surface area (Å²) < 4.78 is 0. The molecule has 0 spiro atoms. The van der Waals surface area contributed by atoms with Gasteiger partial charge in [-0.05, 0) is 36.5 Å². The number of aromatic nitrogens is 1. The lowest BCUT2D eigenvalue weighted by atomic mass is 10.0. The molecule has 0 atom stereocenters. The van der Waals surface area contributed by atoms with E-state index in [1.54, 1.807) is 0 Å². The molecule has 72 valence electrons. The predicted molar refractivity (Wildman–Crippen MR) is 56.9 cm³/mol. The average Bonchev–Trinajstić information content (AvgIpc) is 2.15. The molecule has 0 saturated carbocycles. The van der Waals surface area contributed by atoms with Crippen molar-refractivity contribution in [2.24, 2.45) is 0 Å². The number of unbranched alkanes of at least 4 members (excludes halogenated alkanes) is 1. The summed E-state index contributed by atoms with van der Waals surface area (Å²) in [5.41, 5.74) is 2.65. The van der Waals surface area contributed by atoms with Gasteiger partial charge in [-0.25, -0.2) is 0 Å². The van der Waals surface area contributed by atoms with Crippen LogP contribution in [0.3, 0.4) is 0 Å². The van der Waals surface area contributed by atoms with Crippen LogP contribution in [0.5, 0.6) is 0 Å². The number of hydrogen-bond donors (Lipinski definition) is 0. The lowest BCUT2D eigenvalue weighted by molar-refractivity contribution is 0.769. The van der Waals surface area contributed by atoms with Crippen molar-refractivity contribution in [2.75, 3.05) is 0 Å². The summed E-state index contributed by atoms with van der Waals surface area (Å²) in [6.45, 7) is 6.66. The molecule has 0 radical (unpaired) electrons. The van der Waals surface area contributed by atoms with Crippen LogP contribution in [0.1, 0.15) is 50.8 Å². The minimum Gasteiger partial charge on any atom is -0.261 e. The highest BCUT2D eigenvalue weighted by molar-refractivity contribution is 5.19. The zero-order valence-electron chi connectivity index (χ0n) is 8.88. The number of nitrogens with zero attached hydrogens (tertiary/aromatic N) is 1. The maximum Gasteiger partial charge on any atom is 0.0406 e. The van der Waals surface area contributed by atoms with E-state index in [0.717, 1.165) is 6.42 Å². The third kappa shape index (κ3) is 3.17. The first kappa shape index (κ1) is 10.2. The Labute approximate surface area is 81.2 Å². The predicted octanol–water partition coefficient (Wildman–Crippen LogP) is 3.55. The van der Waals surface area contributed by atoms with E-state index in [2.05, 4.69) is 37.9 Å². The van der Waals surface area contributed by atoms with Crippen LogP contribution < -0.4 is 0 Å². The summed E-state index contributed by atoms with van der Waals surface area (Å²) in [6, 6.07) is 4.35. The molecule has 0 fully saturated rings. The number of rotatable bonds is 4. The Morgan fingerprint density at radius 1 is 1.38 bits per heavy atom. The molecule has 1 aromatic heterocycles. The van der Waals surface area contributed by atoms with Gasteiger partial charge in [-0.15, -0.1) is 0 Å². The van der Waals surface area contributed by atoms with E-state index in [4.69, 9.17) is 0 Å². The summed E-state index contributed by atoms with van der Waals surface area (Å²) in [5, 5.41) is 0. The van der Waals surface area contributed by atoms with E-state index in [1.165, 1.54) is 24.1 Å². The van der Waals surface area contributed by atoms with Gasteiger partial charge in [-0.1, -0.05) is 27.2 Å². The fraction of sp³-hybridized carbons (Fsp3) is 0.583. The van der Waals surface area contributed by atoms with Gasteiger partial charge in [0.05, 0.1) is 0 Å². The molecule has 0 unspecified atom stereocenters. The quantitative estimate of drug-likeness (QED) is 0.685. The maximum atomic E-state index is 4.36. The second kappa shape index (κ2) is 5.00. The van der Waals surface area contributed by atoms with Crippen molar-refractivity contribution in [3.63, 3.8) is 0 Å². The molecule has 0 bridgehead atoms. The third-order valence-corrected chi connectivity index (χ3v) is 2.29. The molecule has 1 heterocycles. The monoisotopic (exact) mass is 177 g/mol. The summed E-state index contributed by atoms with van der Waals surface area (Å²) in [7, 11) is 0. The number of aryl methyl sites for hydroxylation is 1. The highest BCUT2D eigenvalue weighted by Crippen LogP contribution is 2.14. The highest BCUT2D eigenvalue weighted by atomic mass is 14.7. The molecule has 0 amide bonds. The normalized spacial score (nSPS) is 10.8. The van der Waals surface area contributed by atoms with Gasteiger partial charge < -0.3 is 0 Å². The average molecular weight is 177 g/mol.